The number of nitrogens with zero attached hydrogens (tertiary/aromatic N) is 2. The predicted molar refractivity (Wildman–Crippen MR) is 461 cm³/mol. The lowest BCUT2D eigenvalue weighted by molar-refractivity contribution is -0.898. The summed E-state index contributed by atoms with van der Waals surface area (Å²) < 4.78 is 11.4. The van der Waals surface area contributed by atoms with Crippen LogP contribution in [0.2, 0.25) is 0 Å². The van der Waals surface area contributed by atoms with E-state index in [1.807, 2.05) is 0 Å². The van der Waals surface area contributed by atoms with Crippen molar-refractivity contribution in [3.8, 4) is 0 Å². The van der Waals surface area contributed by atoms with Crippen molar-refractivity contribution >= 4 is 469 Å². The highest BCUT2D eigenvalue weighted by Gasteiger charge is 2.56. The molecule has 85 heavy (non-hydrogen) atoms. The number of quaternary nitrogens is 1. The highest BCUT2D eigenvalue weighted by atomic mass is 16.5. The second-order valence-electron chi connectivity index (χ2n) is 22.6. The first-order valence-corrected chi connectivity index (χ1v) is 28.2. The fraction of sp³-hybridized carbons (Fsp3) is 1.00. The van der Waals surface area contributed by atoms with Crippen LogP contribution in [0.15, 0.2) is 0 Å². The van der Waals surface area contributed by atoms with Gasteiger partial charge in [0.1, 0.15) is 13.1 Å². The van der Waals surface area contributed by atoms with Crippen molar-refractivity contribution in [1.82, 2.24) is 4.90 Å². The normalized spacial score (nSPS) is 12.2. The Bertz CT molecular complexity index is 1370. The van der Waals surface area contributed by atoms with E-state index in [4.69, 9.17) is 273 Å². The Hall–Kier alpha value is 4.05. The van der Waals surface area contributed by atoms with E-state index in [2.05, 4.69) is 37.5 Å². The largest absolute Gasteiger partial charge is 0.379 e. The van der Waals surface area contributed by atoms with Gasteiger partial charge in [0.15, 0.2) is 0 Å². The minimum Gasteiger partial charge on any atom is -0.379 e. The monoisotopic (exact) mass is 1010 g/mol. The van der Waals surface area contributed by atoms with Gasteiger partial charge in [-0.2, -0.15) is 0 Å². The fourth-order valence-corrected chi connectivity index (χ4v) is 11.8. The summed E-state index contributed by atoms with van der Waals surface area (Å²) in [5, 5.41) is 0. The molecule has 0 amide bonds. The van der Waals surface area contributed by atoms with Crippen LogP contribution in [0.1, 0.15) is 0 Å². The molecule has 0 saturated carbocycles. The van der Waals surface area contributed by atoms with Gasteiger partial charge in [0.05, 0.1) is 40.5 Å². The van der Waals surface area contributed by atoms with Gasteiger partial charge in [-0.15, -0.1) is 0 Å². The third-order valence-electron chi connectivity index (χ3n) is 15.8. The van der Waals surface area contributed by atoms with E-state index in [0.717, 1.165) is 44.0 Å². The molecule has 4 N–H and O–H groups in total. The van der Waals surface area contributed by atoms with Crippen molar-refractivity contribution in [3.05, 3.63) is 0 Å². The molecule has 2 fully saturated rings. The number of nitrogens with two attached hydrogens (primary N) is 2. The summed E-state index contributed by atoms with van der Waals surface area (Å²) in [4.78, 5) is 2.27. The zero-order chi connectivity index (χ0) is 67.9. The molecule has 0 bridgehead atoms. The fourth-order valence-electron chi connectivity index (χ4n) is 11.8. The Labute approximate surface area is 581 Å². The SMILES string of the molecule is CN.CN.CN1CCOCC1.C[N+]1(C)CCOCC1.[B][B]B(B([B])[B])B(B([B])[B])B(B(B([B])[B])B([B])[B])B(B(B([B])[B])B([B])[B])B(B([B])[B])B([B])[B].[B][B]B(B([B])[B])B(B([B])[B])B(B(B([B])[B])B([B])[B])B(B(B([B])[B])B([B])[B])B(B([B])[B])B([B])[B]. The minimum atomic E-state index is -1.10. The van der Waals surface area contributed by atoms with Crippen LogP contribution in [0.5, 0.6) is 0 Å². The molecule has 2 saturated heterocycles. The molecule has 0 aromatic rings. The third kappa shape index (κ3) is 34.2. The Morgan fingerprint density at radius 3 is 0.553 bits per heavy atom. The lowest BCUT2D eigenvalue weighted by atomic mass is 8.30. The smallest absolute Gasteiger partial charge is 0.102 e. The van der Waals surface area contributed by atoms with Crippen molar-refractivity contribution in [3.63, 3.8) is 0 Å². The van der Waals surface area contributed by atoms with Gasteiger partial charge < -0.3 is 30.3 Å². The molecule has 2 heterocycles. The zero-order valence-electron chi connectivity index (χ0n) is 51.6. The minimum absolute atomic E-state index is 0.787. The van der Waals surface area contributed by atoms with E-state index in [-0.39, 0.29) is 0 Å². The molecule has 0 atom stereocenters. The van der Waals surface area contributed by atoms with E-state index < -0.39 is 192 Å². The lowest BCUT2D eigenvalue weighted by Gasteiger charge is -2.51. The Morgan fingerprint density at radius 1 is 0.282 bits per heavy atom. The number of hydrogen-bond donors (Lipinski definition) is 2. The molecule has 0 aromatic heterocycles. The zero-order valence-corrected chi connectivity index (χ0v) is 51.6. The Morgan fingerprint density at radius 2 is 0.447 bits per heavy atom. The van der Waals surface area contributed by atoms with E-state index in [1.54, 1.807) is 0 Å². The van der Waals surface area contributed by atoms with Crippen LogP contribution in [0.3, 0.4) is 0 Å². The van der Waals surface area contributed by atoms with Gasteiger partial charge in [0.2, 0.25) is 0 Å². The topological polar surface area (TPSA) is 73.7 Å². The van der Waals surface area contributed by atoms with Gasteiger partial charge in [0.25, 0.3) is 0 Å². The van der Waals surface area contributed by atoms with Gasteiger partial charge in [-0.1, -0.05) is 0 Å². The third-order valence-corrected chi connectivity index (χ3v) is 15.8. The number of rotatable bonds is 30. The summed E-state index contributed by atoms with van der Waals surface area (Å²) in [7, 11) is 219. The summed E-state index contributed by atoms with van der Waals surface area (Å²) in [6.45, 7) is 8.23. The van der Waals surface area contributed by atoms with Crippen molar-refractivity contribution in [2.75, 3.05) is 87.8 Å². The highest BCUT2D eigenvalue weighted by Crippen LogP contribution is 2.18. The van der Waals surface area contributed by atoms with Crippen LogP contribution in [0.25, 0.3) is 0 Å². The van der Waals surface area contributed by atoms with E-state index in [0.29, 0.717) is 0 Å². The first-order valence-electron chi connectivity index (χ1n) is 28.2. The molecule has 316 valence electrons. The molecule has 6 nitrogen and oxygen atoms in total. The second kappa shape index (κ2) is 50.4. The van der Waals surface area contributed by atoms with Crippen molar-refractivity contribution < 1.29 is 14.0 Å². The molecule has 70 radical (unpaired) electrons. The molecular weight excluding hydrogens is 958 g/mol. The maximum Gasteiger partial charge on any atom is 0.102 e. The number of hydrogen-bond acceptors (Lipinski definition) is 5. The van der Waals surface area contributed by atoms with Crippen LogP contribution >= 0.6 is 0 Å². The lowest BCUT2D eigenvalue weighted by Crippen LogP contribution is -2.89. The van der Waals surface area contributed by atoms with Gasteiger partial charge in [-0.3, -0.25) is 0 Å². The highest BCUT2D eigenvalue weighted by molar-refractivity contribution is 8.31. The molecule has 0 spiro atoms. The van der Waals surface area contributed by atoms with Gasteiger partial charge in [0, 0.05) is 482 Å². The van der Waals surface area contributed by atoms with Gasteiger partial charge in [-0.25, -0.2) is 0 Å². The predicted octanol–water partition coefficient (Wildman–Crippen LogP) is -25.9. The van der Waals surface area contributed by atoms with Crippen molar-refractivity contribution in [1.29, 1.82) is 0 Å². The molecule has 0 aliphatic carbocycles. The average molecular weight is 993 g/mol. The quantitative estimate of drug-likeness (QED) is 0.0554. The molecule has 2 rings (SSSR count). The molecule has 2 aliphatic rings. The number of morpholine rings is 2. The molecule has 72 heteroatoms. The van der Waals surface area contributed by atoms with Crippen molar-refractivity contribution in [2.24, 2.45) is 11.5 Å². The molecule has 2 aliphatic heterocycles. The maximum absolute atomic E-state index is 6.21. The van der Waals surface area contributed by atoms with Crippen LogP contribution in [0, 0.1) is 0 Å². The first-order chi connectivity index (χ1) is 39.1. The molecular formula is C13H35B66N4O2+. The Kier molecular flexibility index (Phi) is 56.6. The summed E-state index contributed by atoms with van der Waals surface area (Å²) in [5.41, 5.74) is 9.00. The average Bonchev–Trinajstić information content (AvgIpc) is 3.35. The second-order valence-corrected chi connectivity index (χ2v) is 22.6. The van der Waals surface area contributed by atoms with E-state index in [1.165, 1.54) is 41.3 Å². The van der Waals surface area contributed by atoms with Gasteiger partial charge in [-0.05, 0) is 21.1 Å². The van der Waals surface area contributed by atoms with Crippen LogP contribution < -0.4 is 11.5 Å². The molecule has 0 unspecified atom stereocenters. The number of ether oxygens (including phenoxy) is 2. The standard InChI is InChI=1S/C6H14NO.C5H11NO.2CH5N.2B33/c1-7(2)3-5-8-6-4-7;1-6-2-4-7-5-3-6;2*1-2;2*1-18-27(19(2)3)31(26(16)17)33(30(24(12)13)25(14)15)32(28(20(4)5)21(6)7)29(22(8)9)23(10)11/h3-6H2,1-2H3;2-5H2,1H3;2*2H2,1H3;;/q+1;;;;;. The Balaban J connectivity index is -0.000000587. The summed E-state index contributed by atoms with van der Waals surface area (Å²) in [6, 6.07) is 0. The summed E-state index contributed by atoms with van der Waals surface area (Å²) in [5.74, 6) is 0. The van der Waals surface area contributed by atoms with Gasteiger partial charge >= 0.3 is 0 Å². The van der Waals surface area contributed by atoms with E-state index in [9.17, 15) is 0 Å². The maximum atomic E-state index is 6.21. The van der Waals surface area contributed by atoms with Crippen LogP contribution in [-0.2, 0) is 9.47 Å². The first kappa shape index (κ1) is 95.4. The van der Waals surface area contributed by atoms with Crippen LogP contribution in [0.4, 0.5) is 0 Å². The van der Waals surface area contributed by atoms with E-state index >= 15 is 0 Å². The summed E-state index contributed by atoms with van der Waals surface area (Å²) >= 11 is 0. The summed E-state index contributed by atoms with van der Waals surface area (Å²) in [6.07, 6.45) is -29.6. The molecule has 0 aromatic carbocycles. The number of likely N-dealkylation sites (N-methyl/N-ethyl adjacent to an activating group) is 2. The van der Waals surface area contributed by atoms with Crippen LogP contribution in [-0.4, -0.2) is 566 Å². The van der Waals surface area contributed by atoms with Crippen molar-refractivity contribution in [2.45, 2.75) is 0 Å².